The van der Waals surface area contributed by atoms with Crippen LogP contribution in [0.25, 0.3) is 5.70 Å². The molecule has 1 aromatic carbocycles. The van der Waals surface area contributed by atoms with Crippen LogP contribution in [0, 0.1) is 5.41 Å². The second kappa shape index (κ2) is 6.40. The van der Waals surface area contributed by atoms with Crippen LogP contribution >= 0.6 is 0 Å². The molecule has 2 aliphatic rings. The van der Waals surface area contributed by atoms with Crippen LogP contribution in [0.15, 0.2) is 30.8 Å². The van der Waals surface area contributed by atoms with E-state index >= 15 is 0 Å². The lowest BCUT2D eigenvalue weighted by molar-refractivity contribution is -0.134. The van der Waals surface area contributed by atoms with Crippen molar-refractivity contribution < 1.29 is 14.7 Å². The van der Waals surface area contributed by atoms with Gasteiger partial charge in [-0.05, 0) is 30.7 Å². The molecule has 0 saturated carbocycles. The maximum absolute atomic E-state index is 12.6. The lowest BCUT2D eigenvalue weighted by atomic mass is 9.77. The Morgan fingerprint density at radius 3 is 2.42 bits per heavy atom. The molecule has 2 amide bonds. The van der Waals surface area contributed by atoms with Crippen molar-refractivity contribution in [3.63, 3.8) is 0 Å². The minimum atomic E-state index is -0.153. The summed E-state index contributed by atoms with van der Waals surface area (Å²) in [6.07, 6.45) is 2.53. The van der Waals surface area contributed by atoms with Crippen molar-refractivity contribution >= 4 is 17.5 Å². The van der Waals surface area contributed by atoms with Crippen LogP contribution in [-0.2, 0) is 4.79 Å². The van der Waals surface area contributed by atoms with Gasteiger partial charge in [0.05, 0.1) is 0 Å². The lowest BCUT2D eigenvalue weighted by Gasteiger charge is -2.40. The molecule has 2 heterocycles. The first-order valence-electron chi connectivity index (χ1n) is 8.50. The summed E-state index contributed by atoms with van der Waals surface area (Å²) in [5.74, 6) is -0.209. The van der Waals surface area contributed by atoms with E-state index in [9.17, 15) is 14.7 Å². The molecule has 0 spiro atoms. The van der Waals surface area contributed by atoms with Crippen molar-refractivity contribution in [2.45, 2.75) is 26.2 Å². The van der Waals surface area contributed by atoms with Gasteiger partial charge in [-0.15, -0.1) is 0 Å². The Bertz CT molecular complexity index is 634. The molecule has 2 aliphatic heterocycles. The Kier molecular flexibility index (Phi) is 4.45. The Labute approximate surface area is 142 Å². The monoisotopic (exact) mass is 328 g/mol. The number of aliphatic hydroxyl groups excluding tert-OH is 1. The third kappa shape index (κ3) is 2.73. The van der Waals surface area contributed by atoms with Crippen molar-refractivity contribution in [2.75, 3.05) is 26.2 Å². The number of rotatable bonds is 4. The molecule has 128 valence electrons. The molecule has 3 rings (SSSR count). The van der Waals surface area contributed by atoms with Gasteiger partial charge in [0.15, 0.2) is 0 Å². The summed E-state index contributed by atoms with van der Waals surface area (Å²) in [5, 5.41) is 9.60. The summed E-state index contributed by atoms with van der Waals surface area (Å²) in [4.78, 5) is 28.4. The van der Waals surface area contributed by atoms with Gasteiger partial charge in [0.25, 0.3) is 5.91 Å². The Hall–Kier alpha value is -2.14. The summed E-state index contributed by atoms with van der Waals surface area (Å²) < 4.78 is 0. The topological polar surface area (TPSA) is 60.9 Å². The number of piperidine rings is 1. The molecule has 0 atom stereocenters. The number of benzene rings is 1. The number of aliphatic hydroxyl groups is 1. The molecule has 5 heteroatoms. The summed E-state index contributed by atoms with van der Waals surface area (Å²) in [5.41, 5.74) is 1.96. The zero-order chi connectivity index (χ0) is 17.3. The molecule has 0 radical (unpaired) electrons. The average Bonchev–Trinajstić information content (AvgIpc) is 2.87. The lowest BCUT2D eigenvalue weighted by Crippen LogP contribution is -2.47. The quantitative estimate of drug-likeness (QED) is 0.921. The van der Waals surface area contributed by atoms with E-state index < -0.39 is 0 Å². The number of nitrogens with zero attached hydrogens (tertiary/aromatic N) is 2. The van der Waals surface area contributed by atoms with Gasteiger partial charge in [0, 0.05) is 36.5 Å². The van der Waals surface area contributed by atoms with E-state index in [0.717, 1.165) is 24.8 Å². The van der Waals surface area contributed by atoms with Gasteiger partial charge in [-0.25, -0.2) is 0 Å². The van der Waals surface area contributed by atoms with Crippen LogP contribution < -0.4 is 0 Å². The standard InChI is InChI=1S/C19H24N2O3/c1-3-19(13-22)8-10-20(11-9-19)17(23)12-21-14(2)15-6-4-5-7-16(15)18(21)24/h4-7,22H,2-3,8-13H2,1H3. The summed E-state index contributed by atoms with van der Waals surface area (Å²) in [6, 6.07) is 7.31. The maximum atomic E-state index is 12.6. The van der Waals surface area contributed by atoms with E-state index in [0.29, 0.717) is 24.4 Å². The summed E-state index contributed by atoms with van der Waals surface area (Å²) in [6.45, 7) is 7.53. The molecule has 1 N–H and O–H groups in total. The van der Waals surface area contributed by atoms with Crippen LogP contribution in [0.4, 0.5) is 0 Å². The average molecular weight is 328 g/mol. The Morgan fingerprint density at radius 1 is 1.25 bits per heavy atom. The van der Waals surface area contributed by atoms with Gasteiger partial charge in [-0.3, -0.25) is 14.5 Å². The van der Waals surface area contributed by atoms with Crippen molar-refractivity contribution in [3.8, 4) is 0 Å². The van der Waals surface area contributed by atoms with Crippen molar-refractivity contribution in [2.24, 2.45) is 5.41 Å². The number of likely N-dealkylation sites (tertiary alicyclic amines) is 1. The van der Waals surface area contributed by atoms with E-state index in [1.165, 1.54) is 4.90 Å². The molecule has 5 nitrogen and oxygen atoms in total. The van der Waals surface area contributed by atoms with Gasteiger partial charge in [0.2, 0.25) is 5.91 Å². The number of fused-ring (bicyclic) bond motifs is 1. The van der Waals surface area contributed by atoms with Crippen LogP contribution in [0.3, 0.4) is 0 Å². The summed E-state index contributed by atoms with van der Waals surface area (Å²) in [7, 11) is 0. The molecule has 24 heavy (non-hydrogen) atoms. The zero-order valence-electron chi connectivity index (χ0n) is 14.1. The molecule has 0 unspecified atom stereocenters. The Morgan fingerprint density at radius 2 is 1.88 bits per heavy atom. The van der Waals surface area contributed by atoms with Gasteiger partial charge >= 0.3 is 0 Å². The van der Waals surface area contributed by atoms with Gasteiger partial charge < -0.3 is 10.0 Å². The second-order valence-corrected chi connectivity index (χ2v) is 6.78. The van der Waals surface area contributed by atoms with E-state index in [2.05, 4.69) is 13.5 Å². The normalized spacial score (nSPS) is 19.6. The third-order valence-corrected chi connectivity index (χ3v) is 5.59. The molecule has 1 fully saturated rings. The fraction of sp³-hybridized carbons (Fsp3) is 0.474. The molecule has 1 aromatic rings. The fourth-order valence-electron chi connectivity index (χ4n) is 3.59. The van der Waals surface area contributed by atoms with Crippen molar-refractivity contribution in [1.29, 1.82) is 0 Å². The molecule has 1 saturated heterocycles. The van der Waals surface area contributed by atoms with E-state index in [4.69, 9.17) is 0 Å². The number of hydrogen-bond donors (Lipinski definition) is 1. The summed E-state index contributed by atoms with van der Waals surface area (Å²) >= 11 is 0. The van der Waals surface area contributed by atoms with E-state index in [1.54, 1.807) is 11.0 Å². The van der Waals surface area contributed by atoms with Gasteiger partial charge in [-0.2, -0.15) is 0 Å². The fourth-order valence-corrected chi connectivity index (χ4v) is 3.59. The van der Waals surface area contributed by atoms with Crippen molar-refractivity contribution in [1.82, 2.24) is 9.80 Å². The molecule has 0 aromatic heterocycles. The SMILES string of the molecule is C=C1c2ccccc2C(=O)N1CC(=O)N1CCC(CC)(CO)CC1. The van der Waals surface area contributed by atoms with Crippen LogP contribution in [0.1, 0.15) is 42.1 Å². The van der Waals surface area contributed by atoms with E-state index in [-0.39, 0.29) is 30.4 Å². The highest BCUT2D eigenvalue weighted by atomic mass is 16.3. The van der Waals surface area contributed by atoms with Crippen LogP contribution in [-0.4, -0.2) is 53.0 Å². The predicted molar refractivity (Wildman–Crippen MR) is 92.1 cm³/mol. The maximum Gasteiger partial charge on any atom is 0.259 e. The van der Waals surface area contributed by atoms with Gasteiger partial charge in [0.1, 0.15) is 6.54 Å². The molecular formula is C19H24N2O3. The molecule has 0 aliphatic carbocycles. The minimum absolute atomic E-state index is 0.0323. The second-order valence-electron chi connectivity index (χ2n) is 6.78. The van der Waals surface area contributed by atoms with Crippen LogP contribution in [0.5, 0.6) is 0 Å². The number of carbonyl (C=O) groups is 2. The first-order valence-corrected chi connectivity index (χ1v) is 8.50. The predicted octanol–water partition coefficient (Wildman–Crippen LogP) is 2.12. The van der Waals surface area contributed by atoms with E-state index in [1.807, 2.05) is 18.2 Å². The number of carbonyl (C=O) groups excluding carboxylic acids is 2. The largest absolute Gasteiger partial charge is 0.396 e. The van der Waals surface area contributed by atoms with Gasteiger partial charge in [-0.1, -0.05) is 31.7 Å². The zero-order valence-corrected chi connectivity index (χ0v) is 14.1. The smallest absolute Gasteiger partial charge is 0.259 e. The molecule has 0 bridgehead atoms. The van der Waals surface area contributed by atoms with Crippen LogP contribution in [0.2, 0.25) is 0 Å². The first kappa shape index (κ1) is 16.7. The highest BCUT2D eigenvalue weighted by Gasteiger charge is 2.36. The minimum Gasteiger partial charge on any atom is -0.396 e. The Balaban J connectivity index is 1.65. The number of hydrogen-bond acceptors (Lipinski definition) is 3. The molecular weight excluding hydrogens is 304 g/mol. The third-order valence-electron chi connectivity index (χ3n) is 5.59. The highest BCUT2D eigenvalue weighted by Crippen LogP contribution is 2.35. The highest BCUT2D eigenvalue weighted by molar-refractivity contribution is 6.10. The van der Waals surface area contributed by atoms with Crippen molar-refractivity contribution in [3.05, 3.63) is 42.0 Å². The number of amides is 2. The first-order chi connectivity index (χ1) is 11.5.